The molecule has 1 aliphatic carbocycles. The summed E-state index contributed by atoms with van der Waals surface area (Å²) >= 11 is 0. The van der Waals surface area contributed by atoms with E-state index in [9.17, 15) is 0 Å². The summed E-state index contributed by atoms with van der Waals surface area (Å²) in [6.45, 7) is 9.88. The van der Waals surface area contributed by atoms with Gasteiger partial charge in [0.05, 0.1) is 0 Å². The molecule has 3 saturated heterocycles. The molecule has 0 spiro atoms. The van der Waals surface area contributed by atoms with E-state index in [2.05, 4.69) is 32.5 Å². The SMILES string of the molecule is Cc1nccn1CCCN1C[C@@H]2CC[C@H](C1)N(CC1CC1)C2. The Kier molecular flexibility index (Phi) is 4.23. The predicted molar refractivity (Wildman–Crippen MR) is 88.8 cm³/mol. The van der Waals surface area contributed by atoms with Crippen LogP contribution in [0, 0.1) is 18.8 Å². The predicted octanol–water partition coefficient (Wildman–Crippen LogP) is 2.39. The number of fused-ring (bicyclic) bond motifs is 4. The molecule has 0 unspecified atom stereocenters. The molecule has 4 fully saturated rings. The average Bonchev–Trinajstić information content (AvgIpc) is 3.28. The largest absolute Gasteiger partial charge is 0.335 e. The minimum absolute atomic E-state index is 0.842. The Morgan fingerprint density at radius 2 is 2.00 bits per heavy atom. The zero-order valence-corrected chi connectivity index (χ0v) is 14.0. The lowest BCUT2D eigenvalue weighted by Gasteiger charge is -2.36. The molecule has 2 bridgehead atoms. The molecule has 4 nitrogen and oxygen atoms in total. The van der Waals surface area contributed by atoms with Crippen LogP contribution in [-0.2, 0) is 6.54 Å². The lowest BCUT2D eigenvalue weighted by molar-refractivity contribution is 0.125. The minimum atomic E-state index is 0.842. The van der Waals surface area contributed by atoms with Crippen LogP contribution in [0.2, 0.25) is 0 Å². The van der Waals surface area contributed by atoms with Crippen molar-refractivity contribution in [2.24, 2.45) is 11.8 Å². The molecule has 4 heteroatoms. The van der Waals surface area contributed by atoms with Gasteiger partial charge in [-0.15, -0.1) is 0 Å². The Balaban J connectivity index is 1.29. The smallest absolute Gasteiger partial charge is 0.105 e. The molecule has 5 rings (SSSR count). The van der Waals surface area contributed by atoms with Crippen LogP contribution >= 0.6 is 0 Å². The summed E-state index contributed by atoms with van der Waals surface area (Å²) in [6.07, 6.45) is 11.1. The first-order valence-electron chi connectivity index (χ1n) is 9.22. The van der Waals surface area contributed by atoms with Crippen LogP contribution in [0.4, 0.5) is 0 Å². The van der Waals surface area contributed by atoms with Crippen molar-refractivity contribution < 1.29 is 0 Å². The fraction of sp³-hybridized carbons (Fsp3) is 0.833. The molecule has 1 aromatic rings. The Morgan fingerprint density at radius 3 is 2.77 bits per heavy atom. The molecule has 2 atom stereocenters. The molecule has 1 aromatic heterocycles. The monoisotopic (exact) mass is 302 g/mol. The Hall–Kier alpha value is -0.870. The summed E-state index contributed by atoms with van der Waals surface area (Å²) in [5.41, 5.74) is 0. The quantitative estimate of drug-likeness (QED) is 0.806. The summed E-state index contributed by atoms with van der Waals surface area (Å²) in [5.74, 6) is 3.11. The zero-order chi connectivity index (χ0) is 14.9. The van der Waals surface area contributed by atoms with Crippen molar-refractivity contribution in [2.45, 2.75) is 51.6 Å². The van der Waals surface area contributed by atoms with Crippen molar-refractivity contribution in [1.29, 1.82) is 0 Å². The second-order valence-corrected chi connectivity index (χ2v) is 7.78. The number of hydrogen-bond donors (Lipinski definition) is 0. The third-order valence-corrected chi connectivity index (χ3v) is 5.89. The fourth-order valence-electron chi connectivity index (χ4n) is 4.42. The normalized spacial score (nSPS) is 29.9. The summed E-state index contributed by atoms with van der Waals surface area (Å²) in [4.78, 5) is 9.91. The summed E-state index contributed by atoms with van der Waals surface area (Å²) in [7, 11) is 0. The Labute approximate surface area is 134 Å². The topological polar surface area (TPSA) is 24.3 Å². The van der Waals surface area contributed by atoms with Crippen molar-refractivity contribution >= 4 is 0 Å². The maximum Gasteiger partial charge on any atom is 0.105 e. The van der Waals surface area contributed by atoms with E-state index in [1.54, 1.807) is 0 Å². The van der Waals surface area contributed by atoms with Crippen molar-refractivity contribution in [3.05, 3.63) is 18.2 Å². The van der Waals surface area contributed by atoms with Gasteiger partial charge in [-0.3, -0.25) is 4.90 Å². The van der Waals surface area contributed by atoms with Gasteiger partial charge in [0.2, 0.25) is 0 Å². The highest BCUT2D eigenvalue weighted by molar-refractivity contribution is 4.92. The van der Waals surface area contributed by atoms with E-state index in [0.29, 0.717) is 0 Å². The number of aromatic nitrogens is 2. The molecule has 22 heavy (non-hydrogen) atoms. The Morgan fingerprint density at radius 1 is 1.09 bits per heavy atom. The highest BCUT2D eigenvalue weighted by Crippen LogP contribution is 2.34. The van der Waals surface area contributed by atoms with Gasteiger partial charge >= 0.3 is 0 Å². The van der Waals surface area contributed by atoms with E-state index >= 15 is 0 Å². The maximum atomic E-state index is 4.32. The van der Waals surface area contributed by atoms with Gasteiger partial charge in [0.15, 0.2) is 0 Å². The van der Waals surface area contributed by atoms with Crippen LogP contribution in [0.1, 0.15) is 37.9 Å². The first-order valence-corrected chi connectivity index (χ1v) is 9.22. The summed E-state index contributed by atoms with van der Waals surface area (Å²) < 4.78 is 2.28. The molecule has 0 N–H and O–H groups in total. The molecule has 4 heterocycles. The van der Waals surface area contributed by atoms with Gasteiger partial charge in [0.1, 0.15) is 5.82 Å². The van der Waals surface area contributed by atoms with Crippen LogP contribution in [0.3, 0.4) is 0 Å². The lowest BCUT2D eigenvalue weighted by atomic mass is 9.95. The van der Waals surface area contributed by atoms with Crippen LogP contribution in [-0.4, -0.2) is 58.1 Å². The second-order valence-electron chi connectivity index (χ2n) is 7.78. The van der Waals surface area contributed by atoms with Crippen LogP contribution in [0.5, 0.6) is 0 Å². The summed E-state index contributed by atoms with van der Waals surface area (Å²) in [5, 5.41) is 0. The third-order valence-electron chi connectivity index (χ3n) is 5.89. The van der Waals surface area contributed by atoms with E-state index in [-0.39, 0.29) is 0 Å². The van der Waals surface area contributed by atoms with Crippen molar-refractivity contribution in [3.8, 4) is 0 Å². The highest BCUT2D eigenvalue weighted by atomic mass is 15.3. The minimum Gasteiger partial charge on any atom is -0.335 e. The standard InChI is InChI=1S/C18H30N4/c1-15-19-7-10-21(15)9-2-8-20-11-17-5-6-18(14-20)22(13-17)12-16-3-4-16/h7,10,16-18H,2-6,8-9,11-14H2,1H3/t17-,18+/m0/s1. The molecule has 0 radical (unpaired) electrons. The molecule has 0 aromatic carbocycles. The van der Waals surface area contributed by atoms with Gasteiger partial charge in [-0.05, 0) is 57.4 Å². The van der Waals surface area contributed by atoms with Crippen molar-refractivity contribution in [3.63, 3.8) is 0 Å². The molecule has 122 valence electrons. The number of rotatable bonds is 6. The van der Waals surface area contributed by atoms with Gasteiger partial charge in [0.25, 0.3) is 0 Å². The van der Waals surface area contributed by atoms with Gasteiger partial charge in [0, 0.05) is 51.2 Å². The fourth-order valence-corrected chi connectivity index (χ4v) is 4.42. The third kappa shape index (κ3) is 3.38. The van der Waals surface area contributed by atoms with Gasteiger partial charge in [-0.25, -0.2) is 4.98 Å². The van der Waals surface area contributed by atoms with Crippen LogP contribution < -0.4 is 0 Å². The van der Waals surface area contributed by atoms with Gasteiger partial charge < -0.3 is 9.47 Å². The zero-order valence-electron chi connectivity index (χ0n) is 14.0. The van der Waals surface area contributed by atoms with E-state index in [4.69, 9.17) is 0 Å². The van der Waals surface area contributed by atoms with E-state index < -0.39 is 0 Å². The first-order chi connectivity index (χ1) is 10.8. The van der Waals surface area contributed by atoms with Gasteiger partial charge in [-0.1, -0.05) is 0 Å². The molecular weight excluding hydrogens is 272 g/mol. The maximum absolute atomic E-state index is 4.32. The van der Waals surface area contributed by atoms with Crippen LogP contribution in [0.25, 0.3) is 0 Å². The van der Waals surface area contributed by atoms with E-state index in [1.165, 1.54) is 64.8 Å². The number of hydrogen-bond acceptors (Lipinski definition) is 3. The molecule has 4 aliphatic rings. The van der Waals surface area contributed by atoms with E-state index in [1.807, 2.05) is 6.20 Å². The second kappa shape index (κ2) is 6.32. The molecule has 3 aliphatic heterocycles. The highest BCUT2D eigenvalue weighted by Gasteiger charge is 2.36. The number of nitrogens with zero attached hydrogens (tertiary/aromatic N) is 4. The average molecular weight is 302 g/mol. The van der Waals surface area contributed by atoms with Crippen LogP contribution in [0.15, 0.2) is 12.4 Å². The number of aryl methyl sites for hydroxylation is 2. The van der Waals surface area contributed by atoms with E-state index in [0.717, 1.165) is 30.2 Å². The molecular formula is C18H30N4. The lowest BCUT2D eigenvalue weighted by Crippen LogP contribution is -2.44. The number of piperidine rings is 1. The van der Waals surface area contributed by atoms with Gasteiger partial charge in [-0.2, -0.15) is 0 Å². The number of imidazole rings is 1. The summed E-state index contributed by atoms with van der Waals surface area (Å²) in [6, 6.07) is 0.842. The Bertz CT molecular complexity index is 493. The molecule has 0 amide bonds. The molecule has 1 saturated carbocycles. The van der Waals surface area contributed by atoms with Crippen molar-refractivity contribution in [1.82, 2.24) is 19.4 Å². The van der Waals surface area contributed by atoms with Crippen molar-refractivity contribution in [2.75, 3.05) is 32.7 Å². The first kappa shape index (κ1) is 14.7.